The average molecular weight is 424 g/mol. The van der Waals surface area contributed by atoms with Crippen molar-refractivity contribution in [3.05, 3.63) is 41.4 Å². The molecular weight excluding hydrogens is 405 g/mol. The lowest BCUT2D eigenvalue weighted by Gasteiger charge is -2.25. The lowest BCUT2D eigenvalue weighted by atomic mass is 10.2. The van der Waals surface area contributed by atoms with Gasteiger partial charge in [-0.25, -0.2) is 4.98 Å². The number of halogens is 1. The van der Waals surface area contributed by atoms with E-state index in [1.165, 1.54) is 0 Å². The fraction of sp³-hybridized carbons (Fsp3) is 0.353. The number of aromatic nitrogens is 4. The number of ether oxygens (including phenoxy) is 1. The Balaban J connectivity index is 1.33. The number of hydrogen-bond donors (Lipinski definition) is 1. The van der Waals surface area contributed by atoms with Crippen LogP contribution in [0.5, 0.6) is 5.75 Å². The van der Waals surface area contributed by atoms with Crippen LogP contribution in [-0.4, -0.2) is 39.3 Å². The summed E-state index contributed by atoms with van der Waals surface area (Å²) in [5.41, 5.74) is 7.97. The Hall–Kier alpha value is -2.03. The molecule has 148 valence electrons. The number of anilines is 1. The number of para-hydroxylation sites is 1. The lowest BCUT2D eigenvalue weighted by molar-refractivity contribution is 0.0403. The van der Waals surface area contributed by atoms with E-state index < -0.39 is 8.60 Å². The largest absolute Gasteiger partial charge is 0.426 e. The molecule has 28 heavy (non-hydrogen) atoms. The fourth-order valence-corrected chi connectivity index (χ4v) is 4.03. The van der Waals surface area contributed by atoms with Crippen LogP contribution >= 0.6 is 20.2 Å². The third-order valence-corrected chi connectivity index (χ3v) is 5.54. The highest BCUT2D eigenvalue weighted by atomic mass is 35.5. The van der Waals surface area contributed by atoms with E-state index in [1.807, 2.05) is 28.8 Å². The second kappa shape index (κ2) is 8.55. The van der Waals surface area contributed by atoms with Gasteiger partial charge in [0, 0.05) is 19.2 Å². The number of fused-ring (bicyclic) bond motifs is 2. The third kappa shape index (κ3) is 4.19. The zero-order chi connectivity index (χ0) is 19.5. The van der Waals surface area contributed by atoms with E-state index in [4.69, 9.17) is 35.6 Å². The summed E-state index contributed by atoms with van der Waals surface area (Å²) < 4.78 is 24.6. The maximum Gasteiger partial charge on any atom is 0.397 e. The number of rotatable bonds is 7. The van der Waals surface area contributed by atoms with E-state index in [1.54, 1.807) is 13.4 Å². The smallest absolute Gasteiger partial charge is 0.397 e. The molecule has 1 aliphatic heterocycles. The van der Waals surface area contributed by atoms with Gasteiger partial charge in [-0.15, -0.1) is 0 Å². The third-order valence-electron chi connectivity index (χ3n) is 4.33. The number of nitrogen functional groups attached to an aromatic ring is 1. The SMILES string of the molecule is COC(CCn1cnc2c(N)nc(Cl)nc21)COP1OCc2ccccc2O1. The summed E-state index contributed by atoms with van der Waals surface area (Å²) in [6.45, 7) is 1.42. The predicted octanol–water partition coefficient (Wildman–Crippen LogP) is 3.32. The molecule has 0 amide bonds. The molecule has 2 N–H and O–H groups in total. The quantitative estimate of drug-likeness (QED) is 0.455. The molecule has 0 spiro atoms. The molecule has 0 saturated heterocycles. The van der Waals surface area contributed by atoms with Crippen LogP contribution in [0.4, 0.5) is 5.82 Å². The minimum atomic E-state index is -1.44. The van der Waals surface area contributed by atoms with Crippen molar-refractivity contribution in [1.29, 1.82) is 0 Å². The highest BCUT2D eigenvalue weighted by Crippen LogP contribution is 2.47. The maximum absolute atomic E-state index is 5.90. The van der Waals surface area contributed by atoms with E-state index >= 15 is 0 Å². The first-order chi connectivity index (χ1) is 13.6. The Kier molecular flexibility index (Phi) is 5.89. The molecule has 11 heteroatoms. The summed E-state index contributed by atoms with van der Waals surface area (Å²) in [7, 11) is 0.198. The van der Waals surface area contributed by atoms with E-state index in [0.29, 0.717) is 37.3 Å². The Morgan fingerprint density at radius 1 is 1.36 bits per heavy atom. The molecule has 9 nitrogen and oxygen atoms in total. The molecule has 3 heterocycles. The van der Waals surface area contributed by atoms with Gasteiger partial charge in [-0.3, -0.25) is 9.05 Å². The number of nitrogens with two attached hydrogens (primary N) is 1. The first-order valence-corrected chi connectivity index (χ1v) is 10.1. The monoisotopic (exact) mass is 423 g/mol. The topological polar surface area (TPSA) is 107 Å². The van der Waals surface area contributed by atoms with Gasteiger partial charge in [0.15, 0.2) is 11.5 Å². The summed E-state index contributed by atoms with van der Waals surface area (Å²) in [4.78, 5) is 12.4. The molecule has 0 fully saturated rings. The predicted molar refractivity (Wildman–Crippen MR) is 105 cm³/mol. The van der Waals surface area contributed by atoms with Gasteiger partial charge >= 0.3 is 8.60 Å². The molecule has 1 aromatic carbocycles. The molecular formula is C17H19ClN5O4P. The molecule has 0 radical (unpaired) electrons. The second-order valence-electron chi connectivity index (χ2n) is 6.13. The Morgan fingerprint density at radius 3 is 3.07 bits per heavy atom. The van der Waals surface area contributed by atoms with Crippen LogP contribution in [0.1, 0.15) is 12.0 Å². The molecule has 2 atom stereocenters. The van der Waals surface area contributed by atoms with Crippen LogP contribution < -0.4 is 10.3 Å². The summed E-state index contributed by atoms with van der Waals surface area (Å²) in [5, 5.41) is 0.0908. The van der Waals surface area contributed by atoms with Crippen molar-refractivity contribution < 1.29 is 18.3 Å². The van der Waals surface area contributed by atoms with Crippen molar-refractivity contribution in [3.8, 4) is 5.75 Å². The number of imidazole rings is 1. The Morgan fingerprint density at radius 2 is 2.21 bits per heavy atom. The molecule has 0 bridgehead atoms. The van der Waals surface area contributed by atoms with E-state index in [2.05, 4.69) is 15.0 Å². The van der Waals surface area contributed by atoms with Crippen molar-refractivity contribution in [1.82, 2.24) is 19.5 Å². The molecule has 2 unspecified atom stereocenters. The number of methoxy groups -OCH3 is 1. The molecule has 4 rings (SSSR count). The van der Waals surface area contributed by atoms with Crippen LogP contribution in [0.15, 0.2) is 30.6 Å². The van der Waals surface area contributed by atoms with Gasteiger partial charge in [0.25, 0.3) is 0 Å². The Bertz CT molecular complexity index is 972. The van der Waals surface area contributed by atoms with Crippen LogP contribution in [-0.2, 0) is 26.9 Å². The van der Waals surface area contributed by atoms with Gasteiger partial charge in [0.1, 0.15) is 11.3 Å². The van der Waals surface area contributed by atoms with Gasteiger partial charge in [0.2, 0.25) is 5.28 Å². The highest BCUT2D eigenvalue weighted by molar-refractivity contribution is 7.42. The zero-order valence-electron chi connectivity index (χ0n) is 15.1. The first-order valence-electron chi connectivity index (χ1n) is 8.62. The molecule has 3 aromatic rings. The normalized spacial score (nSPS) is 17.3. The number of benzene rings is 1. The summed E-state index contributed by atoms with van der Waals surface area (Å²) >= 11 is 5.90. The number of nitrogens with zero attached hydrogens (tertiary/aromatic N) is 4. The molecule has 0 aliphatic carbocycles. The highest BCUT2D eigenvalue weighted by Gasteiger charge is 2.24. The van der Waals surface area contributed by atoms with Gasteiger partial charge in [-0.1, -0.05) is 18.2 Å². The van der Waals surface area contributed by atoms with Crippen molar-refractivity contribution in [2.75, 3.05) is 19.5 Å². The lowest BCUT2D eigenvalue weighted by Crippen LogP contribution is -2.20. The number of hydrogen-bond acceptors (Lipinski definition) is 8. The van der Waals surface area contributed by atoms with Crippen molar-refractivity contribution in [3.63, 3.8) is 0 Å². The van der Waals surface area contributed by atoms with Crippen molar-refractivity contribution >= 4 is 37.2 Å². The van der Waals surface area contributed by atoms with Crippen LogP contribution in [0.3, 0.4) is 0 Å². The fourth-order valence-electron chi connectivity index (χ4n) is 2.80. The van der Waals surface area contributed by atoms with Gasteiger partial charge in [-0.05, 0) is 24.1 Å². The number of aryl methyl sites for hydroxylation is 1. The zero-order valence-corrected chi connectivity index (χ0v) is 16.8. The summed E-state index contributed by atoms with van der Waals surface area (Å²) in [6, 6.07) is 7.76. The van der Waals surface area contributed by atoms with Crippen molar-refractivity contribution in [2.45, 2.75) is 25.7 Å². The van der Waals surface area contributed by atoms with Crippen LogP contribution in [0, 0.1) is 0 Å². The standard InChI is InChI=1S/C17H19ClN5O4P/c1-24-12(9-26-28-25-8-11-4-2-3-5-13(11)27-28)6-7-23-10-20-14-15(19)21-17(18)22-16(14)23/h2-5,10,12H,6-9H2,1H3,(H2,19,21,22). The van der Waals surface area contributed by atoms with Gasteiger partial charge < -0.3 is 19.6 Å². The molecule has 2 aromatic heterocycles. The molecule has 1 aliphatic rings. The van der Waals surface area contributed by atoms with Crippen LogP contribution in [0.25, 0.3) is 11.2 Å². The average Bonchev–Trinajstić information content (AvgIpc) is 3.11. The first kappa shape index (κ1) is 19.3. The maximum atomic E-state index is 5.90. The minimum Gasteiger partial charge on any atom is -0.426 e. The van der Waals surface area contributed by atoms with E-state index in [9.17, 15) is 0 Å². The van der Waals surface area contributed by atoms with Gasteiger partial charge in [0.05, 0.1) is 25.6 Å². The summed E-state index contributed by atoms with van der Waals surface area (Å²) in [5.74, 6) is 1.06. The summed E-state index contributed by atoms with van der Waals surface area (Å²) in [6.07, 6.45) is 2.18. The minimum absolute atomic E-state index is 0.0908. The second-order valence-corrected chi connectivity index (χ2v) is 7.61. The van der Waals surface area contributed by atoms with E-state index in [-0.39, 0.29) is 17.2 Å². The Labute approximate surface area is 167 Å². The van der Waals surface area contributed by atoms with Crippen molar-refractivity contribution in [2.24, 2.45) is 0 Å². The van der Waals surface area contributed by atoms with Gasteiger partial charge in [-0.2, -0.15) is 9.97 Å². The van der Waals surface area contributed by atoms with E-state index in [0.717, 1.165) is 11.3 Å². The van der Waals surface area contributed by atoms with Crippen LogP contribution in [0.2, 0.25) is 5.28 Å². The molecule has 0 saturated carbocycles.